The van der Waals surface area contributed by atoms with Gasteiger partial charge in [0.15, 0.2) is 12.2 Å². The summed E-state index contributed by atoms with van der Waals surface area (Å²) < 4.78 is 68.4. The van der Waals surface area contributed by atoms with Gasteiger partial charge >= 0.3 is 39.5 Å². The zero-order valence-corrected chi connectivity index (χ0v) is 64.8. The van der Waals surface area contributed by atoms with Crippen LogP contribution in [-0.2, 0) is 65.4 Å². The second kappa shape index (κ2) is 72.4. The molecule has 0 aromatic heterocycles. The first-order valence-corrected chi connectivity index (χ1v) is 43.8. The van der Waals surface area contributed by atoms with Gasteiger partial charge in [-0.2, -0.15) is 0 Å². The second-order valence-corrected chi connectivity index (χ2v) is 31.0. The molecule has 0 aliphatic heterocycles. The van der Waals surface area contributed by atoms with Crippen molar-refractivity contribution in [2.75, 3.05) is 39.6 Å². The molecule has 0 amide bonds. The van der Waals surface area contributed by atoms with Crippen molar-refractivity contribution >= 4 is 39.5 Å². The number of hydrogen-bond donors (Lipinski definition) is 3. The van der Waals surface area contributed by atoms with Crippen molar-refractivity contribution in [3.63, 3.8) is 0 Å². The van der Waals surface area contributed by atoms with E-state index in [1.807, 2.05) is 0 Å². The lowest BCUT2D eigenvalue weighted by Gasteiger charge is -2.21. The molecule has 3 N–H and O–H groups in total. The average Bonchev–Trinajstić information content (AvgIpc) is 1.41. The van der Waals surface area contributed by atoms with Crippen molar-refractivity contribution < 1.29 is 80.2 Å². The SMILES string of the molecule is CCCCCCCCCCCCCCCCCCCCCCCC(=O)O[C@H](COC(=O)CCCCCCCCCCCCCCCCCCCCC)COP(=O)(O)OC[C@@H](O)COP(=O)(O)OC[C@@H](COC(=O)CCCCCCCCC)OC(=O)CCCCCCCCCCCC. The first-order chi connectivity index (χ1) is 47.2. The van der Waals surface area contributed by atoms with Gasteiger partial charge in [0.1, 0.15) is 19.3 Å². The van der Waals surface area contributed by atoms with Gasteiger partial charge in [0, 0.05) is 25.7 Å². The largest absolute Gasteiger partial charge is 0.472 e. The summed E-state index contributed by atoms with van der Waals surface area (Å²) in [5.74, 6) is -2.12. The number of hydrogen-bond acceptors (Lipinski definition) is 15. The molecule has 0 saturated heterocycles. The molecule has 0 saturated carbocycles. The second-order valence-electron chi connectivity index (χ2n) is 28.1. The number of phosphoric ester groups is 2. The molecule has 0 aliphatic rings. The summed E-state index contributed by atoms with van der Waals surface area (Å²) in [7, 11) is -9.90. The van der Waals surface area contributed by atoms with Gasteiger partial charge in [0.2, 0.25) is 0 Å². The Balaban J connectivity index is 5.14. The lowest BCUT2D eigenvalue weighted by molar-refractivity contribution is -0.161. The number of aliphatic hydroxyl groups is 1. The summed E-state index contributed by atoms with van der Waals surface area (Å²) in [5, 5.41) is 10.6. The van der Waals surface area contributed by atoms with Gasteiger partial charge in [-0.1, -0.05) is 368 Å². The van der Waals surface area contributed by atoms with Crippen LogP contribution in [0.3, 0.4) is 0 Å². The van der Waals surface area contributed by atoms with Crippen molar-refractivity contribution in [1.29, 1.82) is 0 Å². The first-order valence-electron chi connectivity index (χ1n) is 40.8. The lowest BCUT2D eigenvalue weighted by Crippen LogP contribution is -2.30. The molecule has 0 heterocycles. The number of rotatable bonds is 79. The van der Waals surface area contributed by atoms with E-state index in [1.165, 1.54) is 238 Å². The highest BCUT2D eigenvalue weighted by Gasteiger charge is 2.30. The maximum atomic E-state index is 13.1. The van der Waals surface area contributed by atoms with Gasteiger partial charge in [0.05, 0.1) is 26.4 Å². The topological polar surface area (TPSA) is 237 Å². The zero-order valence-electron chi connectivity index (χ0n) is 63.1. The Morgan fingerprint density at radius 1 is 0.247 bits per heavy atom. The Morgan fingerprint density at radius 3 is 0.608 bits per heavy atom. The molecule has 0 aliphatic carbocycles. The van der Waals surface area contributed by atoms with E-state index in [1.54, 1.807) is 0 Å². The monoisotopic (exact) mass is 1420 g/mol. The number of aliphatic hydroxyl groups excluding tert-OH is 1. The molecule has 0 aromatic carbocycles. The first kappa shape index (κ1) is 95.1. The van der Waals surface area contributed by atoms with E-state index in [4.69, 9.17) is 37.0 Å². The number of carbonyl (C=O) groups is 4. The van der Waals surface area contributed by atoms with Crippen LogP contribution >= 0.6 is 15.6 Å². The smallest absolute Gasteiger partial charge is 0.462 e. The molecule has 19 heteroatoms. The molecule has 5 atom stereocenters. The van der Waals surface area contributed by atoms with E-state index < -0.39 is 97.5 Å². The highest BCUT2D eigenvalue weighted by molar-refractivity contribution is 7.47. The zero-order chi connectivity index (χ0) is 71.1. The number of unbranched alkanes of at least 4 members (excludes halogenated alkanes) is 53. The predicted octanol–water partition coefficient (Wildman–Crippen LogP) is 23.4. The minimum Gasteiger partial charge on any atom is -0.462 e. The standard InChI is InChI=1S/C78H152O17P2/c1-5-9-13-17-21-24-27-29-31-33-35-36-38-40-42-44-46-49-53-57-61-65-78(83)95-74(69-89-76(81)63-59-55-51-48-45-43-41-39-37-34-32-30-28-25-22-18-14-10-6-2)71-93-97(86,87)91-67-72(79)66-90-96(84,85)92-70-73(68-88-75(80)62-58-54-50-20-16-12-8-4)94-77(82)64-60-56-52-47-26-23-19-15-11-7-3/h72-74,79H,5-71H2,1-4H3,(H,84,85)(H,86,87)/t72-,73+,74+/m0/s1. The van der Waals surface area contributed by atoms with Crippen LogP contribution in [0.1, 0.15) is 419 Å². The summed E-state index contributed by atoms with van der Waals surface area (Å²) in [4.78, 5) is 72.7. The van der Waals surface area contributed by atoms with Crippen LogP contribution in [0.5, 0.6) is 0 Å². The van der Waals surface area contributed by atoms with Crippen molar-refractivity contribution in [3.05, 3.63) is 0 Å². The Labute approximate surface area is 594 Å². The Bertz CT molecular complexity index is 1840. The fourth-order valence-corrected chi connectivity index (χ4v) is 13.7. The van der Waals surface area contributed by atoms with Gasteiger partial charge in [0.25, 0.3) is 0 Å². The van der Waals surface area contributed by atoms with Crippen LogP contribution in [0.25, 0.3) is 0 Å². The molecule has 0 spiro atoms. The van der Waals surface area contributed by atoms with Crippen LogP contribution in [0, 0.1) is 0 Å². The molecule has 576 valence electrons. The van der Waals surface area contributed by atoms with E-state index >= 15 is 0 Å². The summed E-state index contributed by atoms with van der Waals surface area (Å²) in [6.07, 6.45) is 64.2. The van der Waals surface area contributed by atoms with Gasteiger partial charge < -0.3 is 33.8 Å². The Hall–Kier alpha value is -1.94. The van der Waals surface area contributed by atoms with Crippen molar-refractivity contribution in [2.45, 2.75) is 438 Å². The average molecular weight is 1420 g/mol. The van der Waals surface area contributed by atoms with Crippen LogP contribution in [0.2, 0.25) is 0 Å². The molecule has 2 unspecified atom stereocenters. The maximum Gasteiger partial charge on any atom is 0.472 e. The third-order valence-electron chi connectivity index (χ3n) is 18.4. The van der Waals surface area contributed by atoms with Crippen LogP contribution in [0.15, 0.2) is 0 Å². The number of phosphoric acid groups is 2. The molecule has 0 aromatic rings. The fraction of sp³-hybridized carbons (Fsp3) is 0.949. The molecule has 0 bridgehead atoms. The molecule has 0 rings (SSSR count). The third-order valence-corrected chi connectivity index (χ3v) is 20.3. The van der Waals surface area contributed by atoms with E-state index in [0.29, 0.717) is 25.7 Å². The van der Waals surface area contributed by atoms with Gasteiger partial charge in [-0.05, 0) is 25.7 Å². The summed E-state index contributed by atoms with van der Waals surface area (Å²) in [6.45, 7) is 4.94. The molecular formula is C78H152O17P2. The number of esters is 4. The summed E-state index contributed by atoms with van der Waals surface area (Å²) in [5.41, 5.74) is 0. The number of carbonyl (C=O) groups excluding carboxylic acids is 4. The van der Waals surface area contributed by atoms with E-state index in [2.05, 4.69) is 27.7 Å². The third kappa shape index (κ3) is 72.2. The molecule has 97 heavy (non-hydrogen) atoms. The highest BCUT2D eigenvalue weighted by Crippen LogP contribution is 2.45. The summed E-state index contributed by atoms with van der Waals surface area (Å²) >= 11 is 0. The minimum absolute atomic E-state index is 0.107. The van der Waals surface area contributed by atoms with E-state index in [0.717, 1.165) is 103 Å². The van der Waals surface area contributed by atoms with Gasteiger partial charge in [-0.15, -0.1) is 0 Å². The van der Waals surface area contributed by atoms with Gasteiger partial charge in [-0.25, -0.2) is 9.13 Å². The molecule has 17 nitrogen and oxygen atoms in total. The summed E-state index contributed by atoms with van der Waals surface area (Å²) in [6, 6.07) is 0. The lowest BCUT2D eigenvalue weighted by atomic mass is 10.0. The molecular weight excluding hydrogens is 1270 g/mol. The van der Waals surface area contributed by atoms with Crippen molar-refractivity contribution in [1.82, 2.24) is 0 Å². The fourth-order valence-electron chi connectivity index (χ4n) is 12.1. The Kier molecular flexibility index (Phi) is 71.0. The normalized spacial score (nSPS) is 13.8. The van der Waals surface area contributed by atoms with Crippen molar-refractivity contribution in [2.24, 2.45) is 0 Å². The van der Waals surface area contributed by atoms with Gasteiger partial charge in [-0.3, -0.25) is 37.3 Å². The van der Waals surface area contributed by atoms with E-state index in [-0.39, 0.29) is 25.7 Å². The number of ether oxygens (including phenoxy) is 4. The van der Waals surface area contributed by atoms with Crippen molar-refractivity contribution in [3.8, 4) is 0 Å². The quantitative estimate of drug-likeness (QED) is 0.0222. The molecule has 0 radical (unpaired) electrons. The highest BCUT2D eigenvalue weighted by atomic mass is 31.2. The maximum absolute atomic E-state index is 13.1. The molecule has 0 fully saturated rings. The van der Waals surface area contributed by atoms with Crippen LogP contribution in [-0.4, -0.2) is 96.7 Å². The van der Waals surface area contributed by atoms with Crippen LogP contribution in [0.4, 0.5) is 0 Å². The Morgan fingerprint density at radius 2 is 0.412 bits per heavy atom. The minimum atomic E-state index is -4.96. The van der Waals surface area contributed by atoms with E-state index in [9.17, 15) is 43.2 Å². The van der Waals surface area contributed by atoms with Crippen LogP contribution < -0.4 is 0 Å². The predicted molar refractivity (Wildman–Crippen MR) is 395 cm³/mol.